The lowest BCUT2D eigenvalue weighted by Gasteiger charge is -2.09. The smallest absolute Gasteiger partial charge is 0.358 e. The second-order valence-electron chi connectivity index (χ2n) is 5.23. The highest BCUT2D eigenvalue weighted by Crippen LogP contribution is 2.27. The molecule has 3 aromatic rings. The molecular formula is C19H17FN2O2S. The first-order valence-electron chi connectivity index (χ1n) is 7.80. The first-order chi connectivity index (χ1) is 12.1. The van der Waals surface area contributed by atoms with E-state index in [0.717, 1.165) is 10.5 Å². The highest BCUT2D eigenvalue weighted by atomic mass is 32.2. The molecule has 0 radical (unpaired) electrons. The lowest BCUT2D eigenvalue weighted by Crippen LogP contribution is -2.07. The summed E-state index contributed by atoms with van der Waals surface area (Å²) >= 11 is 1.64. The lowest BCUT2D eigenvalue weighted by atomic mass is 10.1. The molecule has 128 valence electrons. The minimum absolute atomic E-state index is 0.147. The van der Waals surface area contributed by atoms with Crippen LogP contribution in [0.4, 0.5) is 4.39 Å². The van der Waals surface area contributed by atoms with Crippen LogP contribution in [-0.2, 0) is 4.74 Å². The van der Waals surface area contributed by atoms with Gasteiger partial charge in [0.15, 0.2) is 5.69 Å². The number of aromatic nitrogens is 2. The summed E-state index contributed by atoms with van der Waals surface area (Å²) in [5.41, 5.74) is 1.89. The fourth-order valence-electron chi connectivity index (χ4n) is 2.46. The SMILES string of the molecule is CCOC(=O)c1cc(-c2ccc(SC)cc2)n(-c2ccccc2F)n1. The van der Waals surface area contributed by atoms with Crippen LogP contribution in [0.15, 0.2) is 59.5 Å². The maximum atomic E-state index is 14.3. The van der Waals surface area contributed by atoms with Crippen LogP contribution in [0.2, 0.25) is 0 Å². The molecule has 0 aliphatic rings. The number of esters is 1. The van der Waals surface area contributed by atoms with Gasteiger partial charge >= 0.3 is 5.97 Å². The lowest BCUT2D eigenvalue weighted by molar-refractivity contribution is 0.0519. The molecule has 0 unspecified atom stereocenters. The number of benzene rings is 2. The Labute approximate surface area is 149 Å². The summed E-state index contributed by atoms with van der Waals surface area (Å²) in [7, 11) is 0. The van der Waals surface area contributed by atoms with E-state index in [4.69, 9.17) is 4.74 Å². The van der Waals surface area contributed by atoms with Crippen LogP contribution in [0.5, 0.6) is 0 Å². The van der Waals surface area contributed by atoms with Crippen molar-refractivity contribution in [1.29, 1.82) is 0 Å². The minimum Gasteiger partial charge on any atom is -0.461 e. The van der Waals surface area contributed by atoms with E-state index in [0.29, 0.717) is 5.69 Å². The average molecular weight is 356 g/mol. The summed E-state index contributed by atoms with van der Waals surface area (Å²) in [6.07, 6.45) is 2.00. The number of hydrogen-bond acceptors (Lipinski definition) is 4. The zero-order chi connectivity index (χ0) is 17.8. The van der Waals surface area contributed by atoms with E-state index in [2.05, 4.69) is 5.10 Å². The summed E-state index contributed by atoms with van der Waals surface area (Å²) in [5, 5.41) is 4.28. The van der Waals surface area contributed by atoms with Crippen molar-refractivity contribution >= 4 is 17.7 Å². The monoisotopic (exact) mass is 356 g/mol. The molecule has 3 rings (SSSR count). The molecule has 2 aromatic carbocycles. The standard InChI is InChI=1S/C19H17FN2O2S/c1-3-24-19(23)16-12-18(13-8-10-14(25-2)11-9-13)22(21-16)17-7-5-4-6-15(17)20/h4-12H,3H2,1-2H3. The Hall–Kier alpha value is -2.60. The van der Waals surface area contributed by atoms with Gasteiger partial charge in [-0.05, 0) is 43.5 Å². The molecule has 0 aliphatic heterocycles. The van der Waals surface area contributed by atoms with Gasteiger partial charge in [0.1, 0.15) is 11.5 Å². The number of carbonyl (C=O) groups excluding carboxylic acids is 1. The number of halogens is 1. The van der Waals surface area contributed by atoms with Gasteiger partial charge in [0, 0.05) is 10.5 Å². The molecule has 0 saturated heterocycles. The van der Waals surface area contributed by atoms with Gasteiger partial charge in [-0.2, -0.15) is 5.10 Å². The zero-order valence-corrected chi connectivity index (χ0v) is 14.7. The number of ether oxygens (including phenoxy) is 1. The van der Waals surface area contributed by atoms with Gasteiger partial charge in [-0.25, -0.2) is 13.9 Å². The summed E-state index contributed by atoms with van der Waals surface area (Å²) in [4.78, 5) is 13.2. The maximum Gasteiger partial charge on any atom is 0.358 e. The van der Waals surface area contributed by atoms with Gasteiger partial charge in [-0.15, -0.1) is 11.8 Å². The Morgan fingerprint density at radius 2 is 1.92 bits per heavy atom. The Morgan fingerprint density at radius 1 is 1.20 bits per heavy atom. The third-order valence-corrected chi connectivity index (χ3v) is 4.40. The van der Waals surface area contributed by atoms with Gasteiger partial charge in [0.25, 0.3) is 0 Å². The fraction of sp³-hybridized carbons (Fsp3) is 0.158. The van der Waals surface area contributed by atoms with Gasteiger partial charge in [0.2, 0.25) is 0 Å². The van der Waals surface area contributed by atoms with Crippen molar-refractivity contribution in [1.82, 2.24) is 9.78 Å². The van der Waals surface area contributed by atoms with E-state index in [1.54, 1.807) is 43.0 Å². The Kier molecular flexibility index (Phi) is 5.19. The van der Waals surface area contributed by atoms with Crippen LogP contribution in [-0.4, -0.2) is 28.6 Å². The second kappa shape index (κ2) is 7.53. The van der Waals surface area contributed by atoms with Crippen LogP contribution in [0.25, 0.3) is 16.9 Å². The van der Waals surface area contributed by atoms with Crippen molar-refractivity contribution in [2.45, 2.75) is 11.8 Å². The molecule has 1 aromatic heterocycles. The van der Waals surface area contributed by atoms with E-state index >= 15 is 0 Å². The summed E-state index contributed by atoms with van der Waals surface area (Å²) in [6, 6.07) is 15.7. The molecule has 0 aliphatic carbocycles. The number of carbonyl (C=O) groups is 1. The molecule has 0 saturated carbocycles. The molecule has 1 heterocycles. The van der Waals surface area contributed by atoms with Crippen molar-refractivity contribution < 1.29 is 13.9 Å². The number of thioether (sulfide) groups is 1. The molecule has 0 amide bonds. The van der Waals surface area contributed by atoms with E-state index in [1.807, 2.05) is 30.5 Å². The third-order valence-electron chi connectivity index (χ3n) is 3.66. The molecule has 4 nitrogen and oxygen atoms in total. The van der Waals surface area contributed by atoms with Crippen molar-refractivity contribution in [2.24, 2.45) is 0 Å². The summed E-state index contributed by atoms with van der Waals surface area (Å²) in [6.45, 7) is 1.98. The molecular weight excluding hydrogens is 339 g/mol. The predicted molar refractivity (Wildman–Crippen MR) is 96.7 cm³/mol. The molecule has 25 heavy (non-hydrogen) atoms. The second-order valence-corrected chi connectivity index (χ2v) is 6.11. The Morgan fingerprint density at radius 3 is 2.56 bits per heavy atom. The van der Waals surface area contributed by atoms with Gasteiger partial charge < -0.3 is 4.74 Å². The van der Waals surface area contributed by atoms with Crippen molar-refractivity contribution in [3.63, 3.8) is 0 Å². The molecule has 0 bridgehead atoms. The first kappa shape index (κ1) is 17.2. The van der Waals surface area contributed by atoms with E-state index in [-0.39, 0.29) is 18.0 Å². The number of hydrogen-bond donors (Lipinski definition) is 0. The van der Waals surface area contributed by atoms with E-state index < -0.39 is 11.8 Å². The number of rotatable bonds is 5. The van der Waals surface area contributed by atoms with Gasteiger partial charge in [-0.3, -0.25) is 0 Å². The number of nitrogens with zero attached hydrogens (tertiary/aromatic N) is 2. The Balaban J connectivity index is 2.14. The van der Waals surface area contributed by atoms with Crippen LogP contribution >= 0.6 is 11.8 Å². The van der Waals surface area contributed by atoms with E-state index in [1.165, 1.54) is 10.7 Å². The average Bonchev–Trinajstić information content (AvgIpc) is 3.07. The third kappa shape index (κ3) is 3.58. The quantitative estimate of drug-likeness (QED) is 0.496. The maximum absolute atomic E-state index is 14.3. The van der Waals surface area contributed by atoms with Crippen LogP contribution in [0.1, 0.15) is 17.4 Å². The predicted octanol–water partition coefficient (Wildman–Crippen LogP) is 4.58. The van der Waals surface area contributed by atoms with Crippen LogP contribution in [0, 0.1) is 5.82 Å². The highest BCUT2D eigenvalue weighted by Gasteiger charge is 2.19. The molecule has 0 N–H and O–H groups in total. The molecule has 0 atom stereocenters. The van der Waals surface area contributed by atoms with Gasteiger partial charge in [0.05, 0.1) is 12.3 Å². The highest BCUT2D eigenvalue weighted by molar-refractivity contribution is 7.98. The largest absolute Gasteiger partial charge is 0.461 e. The summed E-state index contributed by atoms with van der Waals surface area (Å²) in [5.74, 6) is -0.942. The van der Waals surface area contributed by atoms with Crippen LogP contribution < -0.4 is 0 Å². The van der Waals surface area contributed by atoms with Crippen molar-refractivity contribution in [3.8, 4) is 16.9 Å². The topological polar surface area (TPSA) is 44.1 Å². The van der Waals surface area contributed by atoms with Crippen LogP contribution in [0.3, 0.4) is 0 Å². The zero-order valence-electron chi connectivity index (χ0n) is 13.9. The molecule has 0 fully saturated rings. The molecule has 0 spiro atoms. The van der Waals surface area contributed by atoms with Crippen molar-refractivity contribution in [2.75, 3.05) is 12.9 Å². The van der Waals surface area contributed by atoms with Gasteiger partial charge in [-0.1, -0.05) is 24.3 Å². The minimum atomic E-state index is -0.528. The summed E-state index contributed by atoms with van der Waals surface area (Å²) < 4.78 is 20.7. The normalized spacial score (nSPS) is 10.7. The molecule has 6 heteroatoms. The Bertz CT molecular complexity index is 891. The first-order valence-corrected chi connectivity index (χ1v) is 9.03. The van der Waals surface area contributed by atoms with Crippen molar-refractivity contribution in [3.05, 3.63) is 66.1 Å². The number of para-hydroxylation sites is 1. The van der Waals surface area contributed by atoms with E-state index in [9.17, 15) is 9.18 Å². The fourth-order valence-corrected chi connectivity index (χ4v) is 2.87.